The quantitative estimate of drug-likeness (QED) is 0.801. The summed E-state index contributed by atoms with van der Waals surface area (Å²) in [6.07, 6.45) is 0.717. The second-order valence-electron chi connectivity index (χ2n) is 6.51. The van der Waals surface area contributed by atoms with E-state index >= 15 is 0 Å². The minimum Gasteiger partial charge on any atom is -0.329 e. The first-order valence-electron chi connectivity index (χ1n) is 7.96. The largest absolute Gasteiger partial charge is 0.329 e. The molecular weight excluding hydrogens is 319 g/mol. The van der Waals surface area contributed by atoms with Crippen LogP contribution in [-0.2, 0) is 9.84 Å². The molecule has 0 saturated carbocycles. The molecule has 1 aromatic rings. The summed E-state index contributed by atoms with van der Waals surface area (Å²) < 4.78 is 36.8. The molecule has 5 nitrogen and oxygen atoms in total. The first-order chi connectivity index (χ1) is 10.9. The molecular formula is C16H22FN2O3S+. The lowest BCUT2D eigenvalue weighted by molar-refractivity contribution is -0.925. The van der Waals surface area contributed by atoms with Gasteiger partial charge in [0.2, 0.25) is 0 Å². The number of halogens is 1. The van der Waals surface area contributed by atoms with E-state index in [1.807, 2.05) is 0 Å². The Morgan fingerprint density at radius 3 is 2.57 bits per heavy atom. The number of carbonyl (C=O) groups is 1. The van der Waals surface area contributed by atoms with Gasteiger partial charge < -0.3 is 9.80 Å². The Hall–Kier alpha value is -1.47. The van der Waals surface area contributed by atoms with Crippen LogP contribution < -0.4 is 4.90 Å². The van der Waals surface area contributed by atoms with Gasteiger partial charge in [-0.2, -0.15) is 0 Å². The number of hydrogen-bond acceptors (Lipinski definition) is 3. The van der Waals surface area contributed by atoms with Crippen molar-refractivity contribution in [3.63, 3.8) is 0 Å². The van der Waals surface area contributed by atoms with Crippen molar-refractivity contribution in [2.45, 2.75) is 19.4 Å². The molecule has 0 spiro atoms. The molecule has 1 amide bonds. The van der Waals surface area contributed by atoms with Crippen LogP contribution in [0.25, 0.3) is 0 Å². The molecule has 0 aliphatic carbocycles. The molecule has 0 unspecified atom stereocenters. The Morgan fingerprint density at radius 2 is 2.00 bits per heavy atom. The van der Waals surface area contributed by atoms with E-state index in [9.17, 15) is 17.6 Å². The van der Waals surface area contributed by atoms with Crippen molar-refractivity contribution in [3.05, 3.63) is 35.1 Å². The average molecular weight is 341 g/mol. The predicted molar refractivity (Wildman–Crippen MR) is 84.8 cm³/mol. The summed E-state index contributed by atoms with van der Waals surface area (Å²) in [5.41, 5.74) is 0.901. The lowest BCUT2D eigenvalue weighted by Gasteiger charge is -2.35. The van der Waals surface area contributed by atoms with Gasteiger partial charge in [0, 0.05) is 12.0 Å². The highest BCUT2D eigenvalue weighted by Gasteiger charge is 2.37. The first-order valence-corrected chi connectivity index (χ1v) is 9.78. The highest BCUT2D eigenvalue weighted by atomic mass is 32.2. The minimum absolute atomic E-state index is 0.151. The Morgan fingerprint density at radius 1 is 1.30 bits per heavy atom. The molecule has 1 atom stereocenters. The topological polar surface area (TPSA) is 58.9 Å². The lowest BCUT2D eigenvalue weighted by atomic mass is 10.1. The maximum atomic E-state index is 13.6. The molecule has 0 bridgehead atoms. The zero-order valence-electron chi connectivity index (χ0n) is 13.2. The minimum atomic E-state index is -2.87. The van der Waals surface area contributed by atoms with E-state index in [-0.39, 0.29) is 29.3 Å². The van der Waals surface area contributed by atoms with Crippen LogP contribution in [0.5, 0.6) is 0 Å². The van der Waals surface area contributed by atoms with Crippen molar-refractivity contribution < 1.29 is 22.5 Å². The molecule has 3 rings (SSSR count). The van der Waals surface area contributed by atoms with Crippen LogP contribution in [0.1, 0.15) is 22.3 Å². The van der Waals surface area contributed by atoms with Gasteiger partial charge in [0.1, 0.15) is 17.6 Å². The van der Waals surface area contributed by atoms with E-state index in [1.165, 1.54) is 11.0 Å². The molecule has 0 radical (unpaired) electrons. The van der Waals surface area contributed by atoms with Crippen LogP contribution in [-0.4, -0.2) is 63.0 Å². The third-order valence-electron chi connectivity index (χ3n) is 4.92. The summed E-state index contributed by atoms with van der Waals surface area (Å²) in [6.45, 7) is 4.34. The predicted octanol–water partition coefficient (Wildman–Crippen LogP) is -0.338. The maximum absolute atomic E-state index is 13.6. The van der Waals surface area contributed by atoms with Gasteiger partial charge in [0.05, 0.1) is 31.9 Å². The Balaban J connectivity index is 1.60. The van der Waals surface area contributed by atoms with Gasteiger partial charge >= 0.3 is 0 Å². The van der Waals surface area contributed by atoms with Crippen LogP contribution >= 0.6 is 0 Å². The fourth-order valence-corrected chi connectivity index (χ4v) is 5.26. The highest BCUT2D eigenvalue weighted by molar-refractivity contribution is 7.91. The number of hydrogen-bond donors (Lipinski definition) is 1. The van der Waals surface area contributed by atoms with Crippen LogP contribution in [0.15, 0.2) is 18.2 Å². The summed E-state index contributed by atoms with van der Waals surface area (Å²) in [6, 6.07) is 4.73. The second kappa shape index (κ2) is 6.20. The van der Waals surface area contributed by atoms with Gasteiger partial charge in [-0.15, -0.1) is 0 Å². The van der Waals surface area contributed by atoms with Gasteiger partial charge in [-0.25, -0.2) is 12.8 Å². The third-order valence-corrected chi connectivity index (χ3v) is 6.69. The number of rotatable bonds is 2. The van der Waals surface area contributed by atoms with Gasteiger partial charge in [0.25, 0.3) is 5.91 Å². The van der Waals surface area contributed by atoms with E-state index in [0.29, 0.717) is 24.2 Å². The molecule has 2 aliphatic rings. The van der Waals surface area contributed by atoms with Crippen LogP contribution in [0.4, 0.5) is 4.39 Å². The number of nitrogens with one attached hydrogen (secondary N) is 1. The molecule has 126 valence electrons. The summed E-state index contributed by atoms with van der Waals surface area (Å²) in [5, 5.41) is 0. The Kier molecular flexibility index (Phi) is 4.42. The SMILES string of the molecule is Cc1ccc(C(=O)N2CC[NH+]([C@@H]3CCS(=O)(=O)C3)CC2)cc1F. The molecule has 23 heavy (non-hydrogen) atoms. The number of quaternary nitrogens is 1. The van der Waals surface area contributed by atoms with Crippen LogP contribution in [0, 0.1) is 12.7 Å². The van der Waals surface area contributed by atoms with Crippen molar-refractivity contribution in [1.29, 1.82) is 0 Å². The number of benzene rings is 1. The Labute approximate surface area is 136 Å². The zero-order chi connectivity index (χ0) is 16.6. The van der Waals surface area contributed by atoms with E-state index in [1.54, 1.807) is 24.0 Å². The molecule has 1 aromatic carbocycles. The average Bonchev–Trinajstić information content (AvgIpc) is 2.89. The molecule has 2 fully saturated rings. The number of amides is 1. The maximum Gasteiger partial charge on any atom is 0.254 e. The van der Waals surface area contributed by atoms with Crippen molar-refractivity contribution in [3.8, 4) is 0 Å². The van der Waals surface area contributed by atoms with Crippen molar-refractivity contribution >= 4 is 15.7 Å². The first kappa shape index (κ1) is 16.4. The normalized spacial score (nSPS) is 24.8. The third kappa shape index (κ3) is 3.55. The van der Waals surface area contributed by atoms with E-state index in [4.69, 9.17) is 0 Å². The number of carbonyl (C=O) groups excluding carboxylic acids is 1. The lowest BCUT2D eigenvalue weighted by Crippen LogP contribution is -3.18. The standard InChI is InChI=1S/C16H21FN2O3S/c1-12-2-3-13(10-15(12)17)16(20)19-7-5-18(6-8-19)14-4-9-23(21,22)11-14/h2-3,10,14H,4-9,11H2,1H3/p+1/t14-/m1/s1. The summed E-state index contributed by atoms with van der Waals surface area (Å²) >= 11 is 0. The van der Waals surface area contributed by atoms with Crippen LogP contribution in [0.2, 0.25) is 0 Å². The molecule has 0 aromatic heterocycles. The summed E-state index contributed by atoms with van der Waals surface area (Å²) in [4.78, 5) is 15.5. The van der Waals surface area contributed by atoms with E-state index < -0.39 is 9.84 Å². The fraction of sp³-hybridized carbons (Fsp3) is 0.562. The van der Waals surface area contributed by atoms with Gasteiger partial charge in [-0.3, -0.25) is 4.79 Å². The molecule has 7 heteroatoms. The smallest absolute Gasteiger partial charge is 0.254 e. The molecule has 2 aliphatic heterocycles. The second-order valence-corrected chi connectivity index (χ2v) is 8.74. The Bertz CT molecular complexity index is 712. The highest BCUT2D eigenvalue weighted by Crippen LogP contribution is 2.13. The van der Waals surface area contributed by atoms with Crippen LogP contribution in [0.3, 0.4) is 0 Å². The van der Waals surface area contributed by atoms with Gasteiger partial charge in [0.15, 0.2) is 9.84 Å². The van der Waals surface area contributed by atoms with Crippen molar-refractivity contribution in [1.82, 2.24) is 4.90 Å². The summed E-state index contributed by atoms with van der Waals surface area (Å²) in [7, 11) is -2.87. The number of sulfone groups is 1. The van der Waals surface area contributed by atoms with Crippen molar-refractivity contribution in [2.75, 3.05) is 37.7 Å². The van der Waals surface area contributed by atoms with Gasteiger partial charge in [-0.1, -0.05) is 6.07 Å². The fourth-order valence-electron chi connectivity index (χ4n) is 3.43. The number of piperazine rings is 1. The van der Waals surface area contributed by atoms with Gasteiger partial charge in [-0.05, 0) is 24.6 Å². The zero-order valence-corrected chi connectivity index (χ0v) is 14.0. The number of aryl methyl sites for hydroxylation is 1. The van der Waals surface area contributed by atoms with Crippen molar-refractivity contribution in [2.24, 2.45) is 0 Å². The van der Waals surface area contributed by atoms with E-state index in [2.05, 4.69) is 0 Å². The van der Waals surface area contributed by atoms with E-state index in [0.717, 1.165) is 19.5 Å². The summed E-state index contributed by atoms with van der Waals surface area (Å²) in [5.74, 6) is 0.0320. The molecule has 2 heterocycles. The molecule has 2 saturated heterocycles. The monoisotopic (exact) mass is 341 g/mol. The number of nitrogens with zero attached hydrogens (tertiary/aromatic N) is 1. The molecule has 1 N–H and O–H groups in total.